The smallest absolute Gasteiger partial charge is 0.293 e. The second-order valence-electron chi connectivity index (χ2n) is 7.38. The summed E-state index contributed by atoms with van der Waals surface area (Å²) in [5, 5.41) is 3.63. The molecular formula is C25H17Cl3N2O4S. The van der Waals surface area contributed by atoms with Gasteiger partial charge in [0.25, 0.3) is 17.1 Å². The van der Waals surface area contributed by atoms with Crippen LogP contribution in [0.25, 0.3) is 6.08 Å². The van der Waals surface area contributed by atoms with E-state index in [4.69, 9.17) is 39.5 Å². The normalized spacial score (nSPS) is 14.5. The van der Waals surface area contributed by atoms with Gasteiger partial charge in [0.05, 0.1) is 11.4 Å². The first-order valence-corrected chi connectivity index (χ1v) is 12.2. The molecule has 1 aliphatic heterocycles. The summed E-state index contributed by atoms with van der Waals surface area (Å²) in [6.45, 7) is -0.229. The molecule has 0 spiro atoms. The van der Waals surface area contributed by atoms with E-state index in [1.807, 2.05) is 0 Å². The molecule has 6 nitrogen and oxygen atoms in total. The van der Waals surface area contributed by atoms with E-state index in [0.717, 1.165) is 16.7 Å². The molecule has 10 heteroatoms. The lowest BCUT2D eigenvalue weighted by atomic mass is 10.2. The van der Waals surface area contributed by atoms with Gasteiger partial charge in [-0.25, -0.2) is 0 Å². The van der Waals surface area contributed by atoms with E-state index in [1.54, 1.807) is 72.8 Å². The third-order valence-corrected chi connectivity index (χ3v) is 6.77. The van der Waals surface area contributed by atoms with Crippen molar-refractivity contribution in [1.82, 2.24) is 4.90 Å². The van der Waals surface area contributed by atoms with Crippen LogP contribution in [0.15, 0.2) is 71.6 Å². The first-order chi connectivity index (χ1) is 16.8. The molecular weight excluding hydrogens is 531 g/mol. The molecule has 0 bridgehead atoms. The number of imide groups is 1. The van der Waals surface area contributed by atoms with Gasteiger partial charge in [-0.15, -0.1) is 0 Å². The van der Waals surface area contributed by atoms with Gasteiger partial charge < -0.3 is 10.1 Å². The molecule has 0 unspecified atom stereocenters. The maximum Gasteiger partial charge on any atom is 0.293 e. The number of nitrogens with one attached hydrogen (secondary N) is 1. The fourth-order valence-corrected chi connectivity index (χ4v) is 4.68. The molecule has 0 radical (unpaired) electrons. The largest absolute Gasteiger partial charge is 0.484 e. The molecule has 1 saturated heterocycles. The lowest BCUT2D eigenvalue weighted by molar-refractivity contribution is -0.123. The number of hydrogen-bond acceptors (Lipinski definition) is 5. The zero-order valence-corrected chi connectivity index (χ0v) is 21.0. The summed E-state index contributed by atoms with van der Waals surface area (Å²) in [5.41, 5.74) is 1.75. The molecule has 0 aromatic heterocycles. The van der Waals surface area contributed by atoms with Gasteiger partial charge >= 0.3 is 0 Å². The molecule has 1 heterocycles. The van der Waals surface area contributed by atoms with Crippen molar-refractivity contribution >= 4 is 75.4 Å². The van der Waals surface area contributed by atoms with Crippen LogP contribution in [-0.4, -0.2) is 28.6 Å². The number of ether oxygens (including phenoxy) is 1. The maximum atomic E-state index is 12.9. The maximum absolute atomic E-state index is 12.9. The zero-order valence-electron chi connectivity index (χ0n) is 18.0. The minimum Gasteiger partial charge on any atom is -0.484 e. The Labute approximate surface area is 220 Å². The number of hydrogen-bond donors (Lipinski definition) is 1. The van der Waals surface area contributed by atoms with Gasteiger partial charge in [-0.2, -0.15) is 0 Å². The molecule has 3 amide bonds. The van der Waals surface area contributed by atoms with Crippen LogP contribution in [0.2, 0.25) is 15.1 Å². The highest BCUT2D eigenvalue weighted by atomic mass is 35.5. The molecule has 0 aliphatic carbocycles. The highest BCUT2D eigenvalue weighted by Gasteiger charge is 2.35. The summed E-state index contributed by atoms with van der Waals surface area (Å²) < 4.78 is 5.58. The van der Waals surface area contributed by atoms with Gasteiger partial charge in [-0.3, -0.25) is 19.3 Å². The van der Waals surface area contributed by atoms with Crippen molar-refractivity contribution in [3.05, 3.63) is 97.8 Å². The molecule has 3 aromatic carbocycles. The van der Waals surface area contributed by atoms with Gasteiger partial charge in [0.1, 0.15) is 5.75 Å². The number of nitrogens with zero attached hydrogens (tertiary/aromatic N) is 1. The molecule has 3 aromatic rings. The van der Waals surface area contributed by atoms with Crippen LogP contribution >= 0.6 is 46.6 Å². The van der Waals surface area contributed by atoms with E-state index in [0.29, 0.717) is 37.6 Å². The van der Waals surface area contributed by atoms with Crippen molar-refractivity contribution in [3.8, 4) is 5.75 Å². The highest BCUT2D eigenvalue weighted by molar-refractivity contribution is 8.18. The predicted octanol–water partition coefficient (Wildman–Crippen LogP) is 6.90. The van der Waals surface area contributed by atoms with Crippen LogP contribution in [0.3, 0.4) is 0 Å². The Morgan fingerprint density at radius 2 is 1.66 bits per heavy atom. The fraction of sp³-hybridized carbons (Fsp3) is 0.0800. The van der Waals surface area contributed by atoms with Gasteiger partial charge in [0.2, 0.25) is 0 Å². The lowest BCUT2D eigenvalue weighted by Crippen LogP contribution is -2.27. The Balaban J connectivity index is 1.40. The first kappa shape index (κ1) is 25.1. The Morgan fingerprint density at radius 3 is 2.37 bits per heavy atom. The van der Waals surface area contributed by atoms with E-state index >= 15 is 0 Å². The van der Waals surface area contributed by atoms with E-state index in [-0.39, 0.29) is 24.0 Å². The molecule has 1 N–H and O–H groups in total. The molecule has 0 atom stereocenters. The van der Waals surface area contributed by atoms with Crippen LogP contribution in [0.1, 0.15) is 11.1 Å². The molecule has 1 aliphatic rings. The Hall–Kier alpha value is -2.97. The van der Waals surface area contributed by atoms with E-state index < -0.39 is 11.1 Å². The SMILES string of the molecule is O=C(COc1cccc(/C=C2\SC(=O)N(Cc3c(Cl)cccc3Cl)C2=O)c1)Nc1ccc(Cl)cc1. The quantitative estimate of drug-likeness (QED) is 0.326. The fourth-order valence-electron chi connectivity index (χ4n) is 3.20. The molecule has 4 rings (SSSR count). The average molecular weight is 548 g/mol. The number of benzene rings is 3. The number of amides is 3. The minimum absolute atomic E-state index is 0.0214. The minimum atomic E-state index is -0.440. The van der Waals surface area contributed by atoms with E-state index in [9.17, 15) is 14.4 Å². The molecule has 35 heavy (non-hydrogen) atoms. The summed E-state index contributed by atoms with van der Waals surface area (Å²) >= 11 is 19.0. The van der Waals surface area contributed by atoms with Gasteiger partial charge in [-0.1, -0.05) is 53.0 Å². The number of halogens is 3. The van der Waals surface area contributed by atoms with Crippen molar-refractivity contribution in [2.75, 3.05) is 11.9 Å². The third-order valence-electron chi connectivity index (χ3n) is 4.91. The van der Waals surface area contributed by atoms with Crippen LogP contribution < -0.4 is 10.1 Å². The van der Waals surface area contributed by atoms with E-state index in [1.165, 1.54) is 0 Å². The number of thioether (sulfide) groups is 1. The zero-order chi connectivity index (χ0) is 24.9. The Morgan fingerprint density at radius 1 is 0.971 bits per heavy atom. The van der Waals surface area contributed by atoms with Crippen molar-refractivity contribution in [3.63, 3.8) is 0 Å². The summed E-state index contributed by atoms with van der Waals surface area (Å²) in [6.07, 6.45) is 1.60. The third kappa shape index (κ3) is 6.38. The van der Waals surface area contributed by atoms with Crippen LogP contribution in [0, 0.1) is 0 Å². The topological polar surface area (TPSA) is 75.7 Å². The molecule has 1 fully saturated rings. The van der Waals surface area contributed by atoms with Crippen molar-refractivity contribution in [2.24, 2.45) is 0 Å². The van der Waals surface area contributed by atoms with Crippen molar-refractivity contribution in [1.29, 1.82) is 0 Å². The second-order valence-corrected chi connectivity index (χ2v) is 9.63. The molecule has 0 saturated carbocycles. The lowest BCUT2D eigenvalue weighted by Gasteiger charge is -2.14. The van der Waals surface area contributed by atoms with E-state index in [2.05, 4.69) is 5.32 Å². The van der Waals surface area contributed by atoms with Gasteiger partial charge in [0.15, 0.2) is 6.61 Å². The van der Waals surface area contributed by atoms with Crippen molar-refractivity contribution < 1.29 is 19.1 Å². The van der Waals surface area contributed by atoms with Gasteiger partial charge in [-0.05, 0) is 71.9 Å². The number of anilines is 1. The van der Waals surface area contributed by atoms with Crippen LogP contribution in [0.5, 0.6) is 5.75 Å². The summed E-state index contributed by atoms with van der Waals surface area (Å²) in [4.78, 5) is 38.9. The number of rotatable bonds is 7. The second kappa shape index (κ2) is 11.2. The summed E-state index contributed by atoms with van der Waals surface area (Å²) in [6, 6.07) is 18.6. The highest BCUT2D eigenvalue weighted by Crippen LogP contribution is 2.35. The Kier molecular flexibility index (Phi) is 8.03. The average Bonchev–Trinajstić information content (AvgIpc) is 3.09. The van der Waals surface area contributed by atoms with Crippen LogP contribution in [-0.2, 0) is 16.1 Å². The Bertz CT molecular complexity index is 1310. The monoisotopic (exact) mass is 546 g/mol. The number of carbonyl (C=O) groups excluding carboxylic acids is 3. The van der Waals surface area contributed by atoms with Gasteiger partial charge in [0, 0.05) is 26.3 Å². The van der Waals surface area contributed by atoms with Crippen molar-refractivity contribution in [2.45, 2.75) is 6.54 Å². The first-order valence-electron chi connectivity index (χ1n) is 10.3. The van der Waals surface area contributed by atoms with Crippen LogP contribution in [0.4, 0.5) is 10.5 Å². The standard InChI is InChI=1S/C25H17Cl3N2O4S/c26-16-7-9-17(10-8-16)29-23(31)14-34-18-4-1-3-15(11-18)12-22-24(32)30(25(33)35-22)13-19-20(27)5-2-6-21(19)28/h1-12H,13-14H2,(H,29,31)/b22-12-. The summed E-state index contributed by atoms with van der Waals surface area (Å²) in [7, 11) is 0. The number of carbonyl (C=O) groups is 3. The molecule has 178 valence electrons. The predicted molar refractivity (Wildman–Crippen MR) is 140 cm³/mol. The summed E-state index contributed by atoms with van der Waals surface area (Å²) in [5.74, 6) is -0.339.